The van der Waals surface area contributed by atoms with Gasteiger partial charge in [0, 0.05) is 37.4 Å². The molecule has 0 aromatic heterocycles. The van der Waals surface area contributed by atoms with Crippen molar-refractivity contribution in [3.8, 4) is 0 Å². The van der Waals surface area contributed by atoms with Gasteiger partial charge in [-0.1, -0.05) is 64.8 Å². The standard InChI is InChI=1S/C25H40N2.ClH/c1-5-6-9-16-26-17-19-27(20-18-26)24-11-8-7-10-23(24)21-12-14-22(15-13-21)25(2,3)4;/h7-8,10-12,22H,5-6,9,13-20H2,1-4H3;1H. The number of halogens is 1. The lowest BCUT2D eigenvalue weighted by molar-refractivity contribution is 0.225. The Bertz CT molecular complexity index is 624. The summed E-state index contributed by atoms with van der Waals surface area (Å²) in [6.45, 7) is 15.5. The van der Waals surface area contributed by atoms with Crippen LogP contribution in [0.2, 0.25) is 0 Å². The van der Waals surface area contributed by atoms with Gasteiger partial charge in [0.1, 0.15) is 0 Å². The molecule has 1 fully saturated rings. The van der Waals surface area contributed by atoms with E-state index in [1.165, 1.54) is 82.5 Å². The molecule has 1 unspecified atom stereocenters. The van der Waals surface area contributed by atoms with Gasteiger partial charge in [-0.2, -0.15) is 0 Å². The number of hydrogen-bond donors (Lipinski definition) is 0. The van der Waals surface area contributed by atoms with Gasteiger partial charge >= 0.3 is 0 Å². The van der Waals surface area contributed by atoms with E-state index in [4.69, 9.17) is 0 Å². The average molecular weight is 405 g/mol. The first kappa shape index (κ1) is 23.3. The normalized spacial score (nSPS) is 21.2. The molecule has 0 saturated carbocycles. The van der Waals surface area contributed by atoms with E-state index in [0.717, 1.165) is 5.92 Å². The predicted molar refractivity (Wildman–Crippen MR) is 127 cm³/mol. The molecular weight excluding hydrogens is 364 g/mol. The maximum atomic E-state index is 2.66. The number of para-hydroxylation sites is 1. The van der Waals surface area contributed by atoms with Crippen LogP contribution in [0.25, 0.3) is 5.57 Å². The van der Waals surface area contributed by atoms with Crippen LogP contribution in [-0.4, -0.2) is 37.6 Å². The third-order valence-electron chi connectivity index (χ3n) is 6.68. The van der Waals surface area contributed by atoms with E-state index < -0.39 is 0 Å². The van der Waals surface area contributed by atoms with E-state index in [-0.39, 0.29) is 12.4 Å². The van der Waals surface area contributed by atoms with Crippen LogP contribution in [0.4, 0.5) is 5.69 Å². The van der Waals surface area contributed by atoms with Crippen LogP contribution in [0, 0.1) is 11.3 Å². The van der Waals surface area contributed by atoms with Crippen molar-refractivity contribution in [1.82, 2.24) is 4.90 Å². The van der Waals surface area contributed by atoms with Crippen molar-refractivity contribution in [2.45, 2.75) is 66.2 Å². The van der Waals surface area contributed by atoms with Gasteiger partial charge in [-0.15, -0.1) is 12.4 Å². The van der Waals surface area contributed by atoms with Crippen molar-refractivity contribution < 1.29 is 0 Å². The number of hydrogen-bond acceptors (Lipinski definition) is 2. The third-order valence-corrected chi connectivity index (χ3v) is 6.68. The summed E-state index contributed by atoms with van der Waals surface area (Å²) in [5.74, 6) is 0.820. The van der Waals surface area contributed by atoms with Gasteiger partial charge in [0.05, 0.1) is 0 Å². The van der Waals surface area contributed by atoms with Gasteiger partial charge in [0.2, 0.25) is 0 Å². The van der Waals surface area contributed by atoms with E-state index in [0.29, 0.717) is 5.41 Å². The smallest absolute Gasteiger partial charge is 0.0443 e. The fourth-order valence-electron chi connectivity index (χ4n) is 4.68. The molecule has 2 aliphatic rings. The molecule has 2 nitrogen and oxygen atoms in total. The van der Waals surface area contributed by atoms with Crippen molar-refractivity contribution >= 4 is 23.7 Å². The molecule has 158 valence electrons. The zero-order chi connectivity index (χ0) is 19.3. The van der Waals surface area contributed by atoms with E-state index in [1.54, 1.807) is 5.57 Å². The Hall–Kier alpha value is -0.990. The first-order valence-electron chi connectivity index (χ1n) is 11.2. The number of anilines is 1. The Morgan fingerprint density at radius 1 is 1.00 bits per heavy atom. The van der Waals surface area contributed by atoms with E-state index in [2.05, 4.69) is 67.8 Å². The molecule has 0 amide bonds. The summed E-state index contributed by atoms with van der Waals surface area (Å²) < 4.78 is 0. The maximum Gasteiger partial charge on any atom is 0.0443 e. The summed E-state index contributed by atoms with van der Waals surface area (Å²) >= 11 is 0. The molecule has 1 saturated heterocycles. The third kappa shape index (κ3) is 6.00. The second-order valence-electron chi connectivity index (χ2n) is 9.62. The first-order valence-corrected chi connectivity index (χ1v) is 11.2. The van der Waals surface area contributed by atoms with Gasteiger partial charge in [-0.25, -0.2) is 0 Å². The number of unbranched alkanes of at least 4 members (excludes halogenated alkanes) is 2. The molecule has 28 heavy (non-hydrogen) atoms. The minimum absolute atomic E-state index is 0. The Kier molecular flexibility index (Phi) is 8.89. The van der Waals surface area contributed by atoms with Crippen LogP contribution in [0.15, 0.2) is 30.3 Å². The summed E-state index contributed by atoms with van der Waals surface area (Å²) in [5.41, 5.74) is 4.96. The molecule has 1 aromatic carbocycles. The second kappa shape index (κ2) is 10.7. The van der Waals surface area contributed by atoms with Crippen LogP contribution in [0.1, 0.15) is 71.8 Å². The van der Waals surface area contributed by atoms with Crippen molar-refractivity contribution in [3.05, 3.63) is 35.9 Å². The summed E-state index contributed by atoms with van der Waals surface area (Å²) in [5, 5.41) is 0. The van der Waals surface area contributed by atoms with Crippen molar-refractivity contribution in [1.29, 1.82) is 0 Å². The summed E-state index contributed by atoms with van der Waals surface area (Å²) in [6, 6.07) is 9.13. The van der Waals surface area contributed by atoms with Crippen LogP contribution in [-0.2, 0) is 0 Å². The van der Waals surface area contributed by atoms with Gasteiger partial charge in [-0.05, 0) is 55.2 Å². The molecule has 0 spiro atoms. The number of nitrogens with zero attached hydrogens (tertiary/aromatic N) is 2. The average Bonchev–Trinajstić information content (AvgIpc) is 2.68. The number of rotatable bonds is 6. The van der Waals surface area contributed by atoms with Crippen molar-refractivity contribution in [2.24, 2.45) is 11.3 Å². The molecule has 1 atom stereocenters. The largest absolute Gasteiger partial charge is 0.368 e. The Morgan fingerprint density at radius 3 is 2.32 bits per heavy atom. The molecule has 0 bridgehead atoms. The SMILES string of the molecule is CCCCCN1CCN(c2ccccc2C2=CCC(C(C)(C)C)CC2)CC1.Cl. The van der Waals surface area contributed by atoms with Gasteiger partial charge in [-0.3, -0.25) is 4.90 Å². The number of piperazine rings is 1. The zero-order valence-electron chi connectivity index (χ0n) is 18.5. The van der Waals surface area contributed by atoms with Crippen LogP contribution < -0.4 is 4.90 Å². The van der Waals surface area contributed by atoms with Crippen molar-refractivity contribution in [3.63, 3.8) is 0 Å². The molecule has 1 heterocycles. The molecule has 3 rings (SSSR count). The fourth-order valence-corrected chi connectivity index (χ4v) is 4.68. The number of allylic oxidation sites excluding steroid dienone is 2. The minimum Gasteiger partial charge on any atom is -0.368 e. The van der Waals surface area contributed by atoms with Crippen LogP contribution in [0.5, 0.6) is 0 Å². The molecule has 0 radical (unpaired) electrons. The highest BCUT2D eigenvalue weighted by molar-refractivity contribution is 5.85. The highest BCUT2D eigenvalue weighted by Crippen LogP contribution is 2.41. The molecule has 1 aliphatic heterocycles. The fraction of sp³-hybridized carbons (Fsp3) is 0.680. The highest BCUT2D eigenvalue weighted by Gasteiger charge is 2.27. The summed E-state index contributed by atoms with van der Waals surface area (Å²) in [4.78, 5) is 5.28. The summed E-state index contributed by atoms with van der Waals surface area (Å²) in [6.07, 6.45) is 10.4. The molecule has 1 aliphatic carbocycles. The molecule has 0 N–H and O–H groups in total. The maximum absolute atomic E-state index is 2.66. The van der Waals surface area contributed by atoms with Gasteiger partial charge < -0.3 is 4.90 Å². The lowest BCUT2D eigenvalue weighted by atomic mass is 9.72. The Labute approximate surface area is 179 Å². The van der Waals surface area contributed by atoms with E-state index >= 15 is 0 Å². The lowest BCUT2D eigenvalue weighted by Gasteiger charge is -2.38. The highest BCUT2D eigenvalue weighted by atomic mass is 35.5. The Morgan fingerprint density at radius 2 is 1.71 bits per heavy atom. The molecule has 1 aromatic rings. The predicted octanol–water partition coefficient (Wildman–Crippen LogP) is 6.65. The monoisotopic (exact) mass is 404 g/mol. The zero-order valence-corrected chi connectivity index (χ0v) is 19.4. The first-order chi connectivity index (χ1) is 13.0. The lowest BCUT2D eigenvalue weighted by Crippen LogP contribution is -2.46. The topological polar surface area (TPSA) is 6.48 Å². The van der Waals surface area contributed by atoms with E-state index in [9.17, 15) is 0 Å². The Balaban J connectivity index is 0.00000280. The molecule has 3 heteroatoms. The van der Waals surface area contributed by atoms with Gasteiger partial charge in [0.25, 0.3) is 0 Å². The quantitative estimate of drug-likeness (QED) is 0.489. The van der Waals surface area contributed by atoms with Crippen LogP contribution >= 0.6 is 12.4 Å². The number of benzene rings is 1. The van der Waals surface area contributed by atoms with Gasteiger partial charge in [0.15, 0.2) is 0 Å². The second-order valence-corrected chi connectivity index (χ2v) is 9.62. The van der Waals surface area contributed by atoms with E-state index in [1.807, 2.05) is 0 Å². The van der Waals surface area contributed by atoms with Crippen LogP contribution in [0.3, 0.4) is 0 Å². The van der Waals surface area contributed by atoms with Crippen molar-refractivity contribution in [2.75, 3.05) is 37.6 Å². The molecular formula is C25H41ClN2. The minimum atomic E-state index is 0. The summed E-state index contributed by atoms with van der Waals surface area (Å²) in [7, 11) is 0.